The molecule has 0 spiro atoms. The molecule has 1 aromatic carbocycles. The minimum absolute atomic E-state index is 0.365. The molecule has 1 aliphatic carbocycles. The van der Waals surface area contributed by atoms with E-state index in [1.165, 1.54) is 44.9 Å². The average Bonchev–Trinajstić information content (AvgIpc) is 3.04. The van der Waals surface area contributed by atoms with Crippen molar-refractivity contribution in [3.63, 3.8) is 0 Å². The highest BCUT2D eigenvalue weighted by atomic mass is 16.5. The average molecular weight is 425 g/mol. The van der Waals surface area contributed by atoms with E-state index in [4.69, 9.17) is 10.5 Å². The summed E-state index contributed by atoms with van der Waals surface area (Å²) in [5.74, 6) is -0.747. The van der Waals surface area contributed by atoms with Gasteiger partial charge in [0.15, 0.2) is 0 Å². The van der Waals surface area contributed by atoms with Crippen molar-refractivity contribution in [2.45, 2.75) is 84.1 Å². The molecule has 1 aromatic heterocycles. The molecule has 2 N–H and O–H groups in total. The molecule has 0 bridgehead atoms. The maximum absolute atomic E-state index is 12.6. The smallest absolute Gasteiger partial charge is 0.337 e. The molecular weight excluding hydrogens is 388 g/mol. The van der Waals surface area contributed by atoms with Crippen molar-refractivity contribution in [1.82, 2.24) is 4.57 Å². The second kappa shape index (κ2) is 10.7. The fourth-order valence-corrected chi connectivity index (χ4v) is 5.05. The fourth-order valence-electron chi connectivity index (χ4n) is 5.05. The second-order valence-corrected chi connectivity index (χ2v) is 8.69. The minimum Gasteiger partial charge on any atom is -0.465 e. The quantitative estimate of drug-likeness (QED) is 0.556. The summed E-state index contributed by atoms with van der Waals surface area (Å²) in [6, 6.07) is 7.75. The molecule has 1 saturated carbocycles. The molecular formula is C26H36N2O3. The second-order valence-electron chi connectivity index (χ2n) is 8.69. The maximum atomic E-state index is 12.6. The zero-order valence-corrected chi connectivity index (χ0v) is 19.2. The van der Waals surface area contributed by atoms with Crippen molar-refractivity contribution < 1.29 is 14.3 Å². The SMILES string of the molecule is CCCCc1c(-c2ccc(C(=O)OC)cc2)c(C(N)=O)c(C)n1C1CCCCCCC1. The van der Waals surface area contributed by atoms with Crippen LogP contribution in [0.2, 0.25) is 0 Å². The van der Waals surface area contributed by atoms with Crippen molar-refractivity contribution >= 4 is 11.9 Å². The van der Waals surface area contributed by atoms with Gasteiger partial charge in [0.25, 0.3) is 5.91 Å². The highest BCUT2D eigenvalue weighted by Crippen LogP contribution is 2.39. The first-order chi connectivity index (χ1) is 15.0. The standard InChI is InChI=1S/C26H36N2O3/c1-4-5-13-22-24(19-14-16-20(17-15-19)26(30)31-3)23(25(27)29)18(2)28(22)21-11-9-7-6-8-10-12-21/h14-17,21H,4-13H2,1-3H3,(H2,27,29). The van der Waals surface area contributed by atoms with E-state index in [9.17, 15) is 9.59 Å². The van der Waals surface area contributed by atoms with Gasteiger partial charge < -0.3 is 15.0 Å². The Morgan fingerprint density at radius 1 is 1.06 bits per heavy atom. The molecule has 0 saturated heterocycles. The van der Waals surface area contributed by atoms with Gasteiger partial charge in [-0.3, -0.25) is 4.79 Å². The number of nitrogens with zero attached hydrogens (tertiary/aromatic N) is 1. The normalized spacial score (nSPS) is 15.3. The number of amides is 1. The summed E-state index contributed by atoms with van der Waals surface area (Å²) in [4.78, 5) is 24.5. The van der Waals surface area contributed by atoms with Crippen LogP contribution in [0.1, 0.15) is 103 Å². The zero-order chi connectivity index (χ0) is 22.4. The number of hydrogen-bond donors (Lipinski definition) is 1. The van der Waals surface area contributed by atoms with Crippen LogP contribution in [0.3, 0.4) is 0 Å². The number of rotatable bonds is 7. The van der Waals surface area contributed by atoms with Gasteiger partial charge in [-0.1, -0.05) is 57.6 Å². The molecule has 3 rings (SSSR count). The van der Waals surface area contributed by atoms with E-state index in [-0.39, 0.29) is 11.9 Å². The highest BCUT2D eigenvalue weighted by Gasteiger charge is 2.28. The lowest BCUT2D eigenvalue weighted by Gasteiger charge is -2.26. The van der Waals surface area contributed by atoms with Gasteiger partial charge in [-0.15, -0.1) is 0 Å². The summed E-state index contributed by atoms with van der Waals surface area (Å²) in [5.41, 5.74) is 11.1. The molecule has 0 aliphatic heterocycles. The molecule has 168 valence electrons. The number of benzene rings is 1. The summed E-state index contributed by atoms with van der Waals surface area (Å²) in [7, 11) is 1.38. The first kappa shape index (κ1) is 23.1. The number of carbonyl (C=O) groups excluding carboxylic acids is 2. The van der Waals surface area contributed by atoms with Crippen LogP contribution in [0, 0.1) is 6.92 Å². The Labute approximate surface area is 186 Å². The Hall–Kier alpha value is -2.56. The summed E-state index contributed by atoms with van der Waals surface area (Å²) in [5, 5.41) is 0. The van der Waals surface area contributed by atoms with E-state index < -0.39 is 0 Å². The van der Waals surface area contributed by atoms with E-state index in [0.717, 1.165) is 48.9 Å². The molecule has 5 nitrogen and oxygen atoms in total. The number of unbranched alkanes of at least 4 members (excludes halogenated alkanes) is 1. The van der Waals surface area contributed by atoms with Gasteiger partial charge in [-0.05, 0) is 50.3 Å². The summed E-state index contributed by atoms with van der Waals surface area (Å²) < 4.78 is 7.26. The Morgan fingerprint density at radius 2 is 1.68 bits per heavy atom. The first-order valence-corrected chi connectivity index (χ1v) is 11.7. The molecule has 0 atom stereocenters. The van der Waals surface area contributed by atoms with E-state index >= 15 is 0 Å². The van der Waals surface area contributed by atoms with Crippen LogP contribution in [0.5, 0.6) is 0 Å². The zero-order valence-electron chi connectivity index (χ0n) is 19.2. The van der Waals surface area contributed by atoms with Crippen LogP contribution < -0.4 is 5.73 Å². The van der Waals surface area contributed by atoms with Crippen LogP contribution in [-0.2, 0) is 11.2 Å². The summed E-state index contributed by atoms with van der Waals surface area (Å²) in [6.45, 7) is 4.23. The third-order valence-corrected chi connectivity index (χ3v) is 6.60. The molecule has 1 aliphatic rings. The van der Waals surface area contributed by atoms with Crippen molar-refractivity contribution in [2.75, 3.05) is 7.11 Å². The Bertz CT molecular complexity index is 904. The Kier molecular flexibility index (Phi) is 7.94. The van der Waals surface area contributed by atoms with E-state index in [0.29, 0.717) is 17.2 Å². The molecule has 0 radical (unpaired) electrons. The third kappa shape index (κ3) is 5.03. The van der Waals surface area contributed by atoms with Gasteiger partial charge in [0.2, 0.25) is 0 Å². The van der Waals surface area contributed by atoms with Gasteiger partial charge in [-0.2, -0.15) is 0 Å². The maximum Gasteiger partial charge on any atom is 0.337 e. The molecule has 0 unspecified atom stereocenters. The van der Waals surface area contributed by atoms with Crippen LogP contribution in [0.15, 0.2) is 24.3 Å². The van der Waals surface area contributed by atoms with Gasteiger partial charge in [0.05, 0.1) is 18.2 Å². The highest BCUT2D eigenvalue weighted by molar-refractivity contribution is 6.02. The first-order valence-electron chi connectivity index (χ1n) is 11.7. The lowest BCUT2D eigenvalue weighted by Crippen LogP contribution is -2.17. The number of carbonyl (C=O) groups is 2. The van der Waals surface area contributed by atoms with Gasteiger partial charge in [0.1, 0.15) is 0 Å². The van der Waals surface area contributed by atoms with Crippen molar-refractivity contribution in [1.29, 1.82) is 0 Å². The molecule has 31 heavy (non-hydrogen) atoms. The number of hydrogen-bond acceptors (Lipinski definition) is 3. The number of aromatic nitrogens is 1. The molecule has 1 heterocycles. The topological polar surface area (TPSA) is 74.3 Å². The van der Waals surface area contributed by atoms with Gasteiger partial charge in [0, 0.05) is 23.0 Å². The summed E-state index contributed by atoms with van der Waals surface area (Å²) >= 11 is 0. The lowest BCUT2D eigenvalue weighted by molar-refractivity contribution is 0.0600. The third-order valence-electron chi connectivity index (χ3n) is 6.60. The van der Waals surface area contributed by atoms with Crippen molar-refractivity contribution in [3.05, 3.63) is 46.8 Å². The number of primary amides is 1. The van der Waals surface area contributed by atoms with Gasteiger partial charge >= 0.3 is 5.97 Å². The number of esters is 1. The largest absolute Gasteiger partial charge is 0.465 e. The molecule has 1 fully saturated rings. The Morgan fingerprint density at radius 3 is 2.23 bits per heavy atom. The number of methoxy groups -OCH3 is 1. The van der Waals surface area contributed by atoms with Crippen molar-refractivity contribution in [3.8, 4) is 11.1 Å². The minimum atomic E-state index is -0.383. The lowest BCUT2D eigenvalue weighted by atomic mass is 9.95. The van der Waals surface area contributed by atoms with E-state index in [1.54, 1.807) is 12.1 Å². The van der Waals surface area contributed by atoms with Gasteiger partial charge in [-0.25, -0.2) is 4.79 Å². The number of ether oxygens (including phenoxy) is 1. The molecule has 2 aromatic rings. The van der Waals surface area contributed by atoms with E-state index in [1.807, 2.05) is 19.1 Å². The fraction of sp³-hybridized carbons (Fsp3) is 0.538. The molecule has 1 amide bonds. The number of nitrogens with two attached hydrogens (primary N) is 1. The molecule has 5 heteroatoms. The van der Waals surface area contributed by atoms with Crippen molar-refractivity contribution in [2.24, 2.45) is 5.73 Å². The Balaban J connectivity index is 2.16. The van der Waals surface area contributed by atoms with Crippen LogP contribution in [0.4, 0.5) is 0 Å². The predicted octanol–water partition coefficient (Wildman–Crippen LogP) is 5.98. The van der Waals surface area contributed by atoms with Crippen LogP contribution in [0.25, 0.3) is 11.1 Å². The predicted molar refractivity (Wildman–Crippen MR) is 124 cm³/mol. The van der Waals surface area contributed by atoms with Crippen LogP contribution in [-0.4, -0.2) is 23.6 Å². The van der Waals surface area contributed by atoms with E-state index in [2.05, 4.69) is 11.5 Å². The summed E-state index contributed by atoms with van der Waals surface area (Å²) in [6.07, 6.45) is 11.7. The van der Waals surface area contributed by atoms with Crippen LogP contribution >= 0.6 is 0 Å². The monoisotopic (exact) mass is 424 g/mol.